The minimum Gasteiger partial charge on any atom is -0.349 e. The monoisotopic (exact) mass is 470 g/mol. The summed E-state index contributed by atoms with van der Waals surface area (Å²) in [6, 6.07) is 18.5. The van der Waals surface area contributed by atoms with Crippen LogP contribution < -0.4 is 10.6 Å². The number of halogens is 1. The highest BCUT2D eigenvalue weighted by atomic mass is 19.1. The van der Waals surface area contributed by atoms with Gasteiger partial charge in [0.25, 0.3) is 11.8 Å². The average molecular weight is 471 g/mol. The van der Waals surface area contributed by atoms with E-state index in [0.29, 0.717) is 22.6 Å². The average Bonchev–Trinajstić information content (AvgIpc) is 3.13. The van der Waals surface area contributed by atoms with E-state index in [1.165, 1.54) is 49.9 Å². The van der Waals surface area contributed by atoms with E-state index in [1.807, 2.05) is 30.3 Å². The Balaban J connectivity index is 1.27. The van der Waals surface area contributed by atoms with Gasteiger partial charge in [0.2, 0.25) is 0 Å². The Bertz CT molecular complexity index is 1340. The second-order valence-electron chi connectivity index (χ2n) is 9.02. The fraction of sp³-hybridized carbons (Fsp3) is 0.250. The number of anilines is 1. The highest BCUT2D eigenvalue weighted by Crippen LogP contribution is 2.24. The fourth-order valence-corrected chi connectivity index (χ4v) is 4.49. The third kappa shape index (κ3) is 5.40. The van der Waals surface area contributed by atoms with E-state index in [1.54, 1.807) is 12.1 Å². The molecule has 1 aromatic heterocycles. The minimum absolute atomic E-state index is 0.0513. The van der Waals surface area contributed by atoms with Gasteiger partial charge < -0.3 is 15.6 Å². The quantitative estimate of drug-likeness (QED) is 0.309. The Morgan fingerprint density at radius 3 is 2.23 bits per heavy atom. The number of nitrogens with zero attached hydrogens (tertiary/aromatic N) is 1. The Labute approximate surface area is 203 Å². The molecule has 0 atom stereocenters. The number of imidazole rings is 1. The van der Waals surface area contributed by atoms with Crippen molar-refractivity contribution in [3.05, 3.63) is 83.7 Å². The summed E-state index contributed by atoms with van der Waals surface area (Å²) >= 11 is 0. The summed E-state index contributed by atoms with van der Waals surface area (Å²) in [5.41, 5.74) is 4.04. The number of aromatic amines is 1. The van der Waals surface area contributed by atoms with Gasteiger partial charge in [0.15, 0.2) is 0 Å². The number of fused-ring (bicyclic) bond motifs is 1. The zero-order valence-electron chi connectivity index (χ0n) is 19.3. The van der Waals surface area contributed by atoms with E-state index in [4.69, 9.17) is 0 Å². The SMILES string of the molecule is O=C(Nc1ccc(-c2nc3cc(C(=O)NC4CCCCCC4)ccc3[nH]2)cc1)c1ccc(F)cc1. The van der Waals surface area contributed by atoms with Crippen LogP contribution in [0.3, 0.4) is 0 Å². The number of aromatic nitrogens is 2. The van der Waals surface area contributed by atoms with Gasteiger partial charge >= 0.3 is 0 Å². The molecule has 5 rings (SSSR count). The normalized spacial score (nSPS) is 14.4. The molecule has 1 aliphatic rings. The third-order valence-electron chi connectivity index (χ3n) is 6.46. The Hall–Kier alpha value is -4.00. The van der Waals surface area contributed by atoms with Crippen molar-refractivity contribution in [1.82, 2.24) is 15.3 Å². The maximum absolute atomic E-state index is 13.1. The number of hydrogen-bond donors (Lipinski definition) is 3. The summed E-state index contributed by atoms with van der Waals surface area (Å²) in [5, 5.41) is 5.99. The van der Waals surface area contributed by atoms with E-state index in [0.717, 1.165) is 29.4 Å². The van der Waals surface area contributed by atoms with Gasteiger partial charge in [0, 0.05) is 28.4 Å². The van der Waals surface area contributed by atoms with Crippen LogP contribution >= 0.6 is 0 Å². The van der Waals surface area contributed by atoms with Gasteiger partial charge in [-0.25, -0.2) is 9.37 Å². The smallest absolute Gasteiger partial charge is 0.255 e. The third-order valence-corrected chi connectivity index (χ3v) is 6.46. The van der Waals surface area contributed by atoms with Crippen LogP contribution in [0.25, 0.3) is 22.4 Å². The van der Waals surface area contributed by atoms with E-state index < -0.39 is 0 Å². The number of carbonyl (C=O) groups is 2. The van der Waals surface area contributed by atoms with Crippen molar-refractivity contribution >= 4 is 28.5 Å². The van der Waals surface area contributed by atoms with Crippen LogP contribution in [-0.2, 0) is 0 Å². The second kappa shape index (κ2) is 10.1. The van der Waals surface area contributed by atoms with E-state index in [9.17, 15) is 14.0 Å². The molecule has 1 saturated carbocycles. The largest absolute Gasteiger partial charge is 0.349 e. The zero-order chi connectivity index (χ0) is 24.2. The van der Waals surface area contributed by atoms with Crippen LogP contribution in [0.15, 0.2) is 66.7 Å². The van der Waals surface area contributed by atoms with E-state index in [2.05, 4.69) is 20.6 Å². The maximum Gasteiger partial charge on any atom is 0.255 e. The van der Waals surface area contributed by atoms with Crippen LogP contribution in [-0.4, -0.2) is 27.8 Å². The summed E-state index contributed by atoms with van der Waals surface area (Å²) in [4.78, 5) is 33.1. The molecule has 178 valence electrons. The highest BCUT2D eigenvalue weighted by Gasteiger charge is 2.17. The molecule has 0 bridgehead atoms. The van der Waals surface area contributed by atoms with Gasteiger partial charge in [0.05, 0.1) is 11.0 Å². The molecule has 3 N–H and O–H groups in total. The predicted octanol–water partition coefficient (Wildman–Crippen LogP) is 6.07. The first kappa shape index (κ1) is 22.8. The Morgan fingerprint density at radius 1 is 0.829 bits per heavy atom. The number of rotatable bonds is 5. The first-order valence-corrected chi connectivity index (χ1v) is 12.0. The van der Waals surface area contributed by atoms with Crippen molar-refractivity contribution in [3.63, 3.8) is 0 Å². The molecule has 0 radical (unpaired) electrons. The predicted molar refractivity (Wildman–Crippen MR) is 135 cm³/mol. The van der Waals surface area contributed by atoms with Crippen LogP contribution in [0, 0.1) is 5.82 Å². The summed E-state index contributed by atoms with van der Waals surface area (Å²) in [6.07, 6.45) is 6.91. The number of nitrogens with one attached hydrogen (secondary N) is 3. The first-order chi connectivity index (χ1) is 17.0. The summed E-state index contributed by atoms with van der Waals surface area (Å²) in [5.74, 6) is -0.0670. The molecule has 1 aliphatic carbocycles. The number of hydrogen-bond acceptors (Lipinski definition) is 3. The van der Waals surface area contributed by atoms with Crippen LogP contribution in [0.4, 0.5) is 10.1 Å². The van der Waals surface area contributed by atoms with Crippen molar-refractivity contribution < 1.29 is 14.0 Å². The molecule has 35 heavy (non-hydrogen) atoms. The number of amides is 2. The molecule has 1 fully saturated rings. The van der Waals surface area contributed by atoms with Gasteiger partial charge in [-0.15, -0.1) is 0 Å². The maximum atomic E-state index is 13.1. The Kier molecular flexibility index (Phi) is 6.57. The van der Waals surface area contributed by atoms with Crippen LogP contribution in [0.1, 0.15) is 59.2 Å². The molecule has 0 aliphatic heterocycles. The topological polar surface area (TPSA) is 86.9 Å². The van der Waals surface area contributed by atoms with Crippen molar-refractivity contribution in [2.45, 2.75) is 44.6 Å². The lowest BCUT2D eigenvalue weighted by atomic mass is 10.1. The molecule has 3 aromatic carbocycles. The Morgan fingerprint density at radius 2 is 1.51 bits per heavy atom. The number of carbonyl (C=O) groups excluding carboxylic acids is 2. The van der Waals surface area contributed by atoms with Gasteiger partial charge in [-0.1, -0.05) is 25.7 Å². The standard InChI is InChI=1S/C28H27FN4O2/c29-21-12-7-19(8-13-21)27(34)31-23-14-9-18(10-15-23)26-32-24-16-11-20(17-25(24)33-26)28(35)30-22-5-3-1-2-4-6-22/h7-17,22H,1-6H2,(H,30,35)(H,31,34)(H,32,33). The van der Waals surface area contributed by atoms with E-state index in [-0.39, 0.29) is 23.7 Å². The summed E-state index contributed by atoms with van der Waals surface area (Å²) in [6.45, 7) is 0. The molecule has 2 amide bonds. The minimum atomic E-state index is -0.385. The molecule has 0 saturated heterocycles. The van der Waals surface area contributed by atoms with Gasteiger partial charge in [0.1, 0.15) is 11.6 Å². The first-order valence-electron chi connectivity index (χ1n) is 12.0. The summed E-state index contributed by atoms with van der Waals surface area (Å²) < 4.78 is 13.1. The van der Waals surface area contributed by atoms with Crippen LogP contribution in [0.2, 0.25) is 0 Å². The van der Waals surface area contributed by atoms with E-state index >= 15 is 0 Å². The summed E-state index contributed by atoms with van der Waals surface area (Å²) in [7, 11) is 0. The van der Waals surface area contributed by atoms with Crippen molar-refractivity contribution in [1.29, 1.82) is 0 Å². The number of H-pyrrole nitrogens is 1. The molecule has 6 nitrogen and oxygen atoms in total. The zero-order valence-corrected chi connectivity index (χ0v) is 19.3. The van der Waals surface area contributed by atoms with Gasteiger partial charge in [-0.2, -0.15) is 0 Å². The second-order valence-corrected chi connectivity index (χ2v) is 9.02. The fourth-order valence-electron chi connectivity index (χ4n) is 4.49. The number of benzene rings is 3. The molecular weight excluding hydrogens is 443 g/mol. The van der Waals surface area contributed by atoms with Crippen LogP contribution in [0.5, 0.6) is 0 Å². The molecular formula is C28H27FN4O2. The lowest BCUT2D eigenvalue weighted by Crippen LogP contribution is -2.34. The van der Waals surface area contributed by atoms with Crippen molar-refractivity contribution in [3.8, 4) is 11.4 Å². The molecule has 1 heterocycles. The molecule has 0 spiro atoms. The highest BCUT2D eigenvalue weighted by molar-refractivity contribution is 6.04. The van der Waals surface area contributed by atoms with Crippen molar-refractivity contribution in [2.75, 3.05) is 5.32 Å². The lowest BCUT2D eigenvalue weighted by Gasteiger charge is -2.16. The lowest BCUT2D eigenvalue weighted by molar-refractivity contribution is 0.0932. The van der Waals surface area contributed by atoms with Crippen molar-refractivity contribution in [2.24, 2.45) is 0 Å². The molecule has 4 aromatic rings. The van der Waals surface area contributed by atoms with Gasteiger partial charge in [-0.05, 0) is 79.6 Å². The molecule has 0 unspecified atom stereocenters. The molecule has 7 heteroatoms. The van der Waals surface area contributed by atoms with Gasteiger partial charge in [-0.3, -0.25) is 9.59 Å².